The van der Waals surface area contributed by atoms with E-state index < -0.39 is 0 Å². The zero-order valence-corrected chi connectivity index (χ0v) is 8.77. The van der Waals surface area contributed by atoms with Crippen LogP contribution in [0.4, 0.5) is 0 Å². The van der Waals surface area contributed by atoms with Crippen LogP contribution in [0.15, 0.2) is 11.6 Å². The Balaban J connectivity index is 2.29. The topological polar surface area (TPSA) is 3.24 Å². The maximum Gasteiger partial charge on any atom is 0.0176 e. The fourth-order valence-electron chi connectivity index (χ4n) is 1.37. The Morgan fingerprint density at radius 3 is 2.50 bits per heavy atom. The van der Waals surface area contributed by atoms with Gasteiger partial charge in [-0.2, -0.15) is 0 Å². The third-order valence-corrected chi connectivity index (χ3v) is 2.57. The summed E-state index contributed by atoms with van der Waals surface area (Å²) in [5.74, 6) is 0.784. The lowest BCUT2D eigenvalue weighted by molar-refractivity contribution is 0.418. The zero-order chi connectivity index (χ0) is 8.97. The lowest BCUT2D eigenvalue weighted by atomic mass is 10.0. The highest BCUT2D eigenvalue weighted by Gasteiger charge is 2.10. The number of rotatable bonds is 2. The summed E-state index contributed by atoms with van der Waals surface area (Å²) in [6, 6.07) is 0. The second kappa shape index (κ2) is 4.88. The van der Waals surface area contributed by atoms with Crippen LogP contribution >= 0.6 is 11.8 Å². The van der Waals surface area contributed by atoms with E-state index in [1.54, 1.807) is 5.57 Å². The molecule has 70 valence electrons. The average Bonchev–Trinajstić information content (AvgIpc) is 2.03. The molecule has 1 aliphatic rings. The molecule has 0 aromatic heterocycles. The molecule has 2 heteroatoms. The second-order valence-corrected chi connectivity index (χ2v) is 4.38. The van der Waals surface area contributed by atoms with Crippen LogP contribution in [0.3, 0.4) is 0 Å². The number of allylic oxidation sites excluding steroid dienone is 1. The van der Waals surface area contributed by atoms with E-state index >= 15 is 0 Å². The summed E-state index contributed by atoms with van der Waals surface area (Å²) in [5, 5.41) is 0. The van der Waals surface area contributed by atoms with Crippen molar-refractivity contribution in [2.24, 2.45) is 5.92 Å². The van der Waals surface area contributed by atoms with Crippen molar-refractivity contribution in [2.75, 3.05) is 13.1 Å². The van der Waals surface area contributed by atoms with Crippen LogP contribution in [0.1, 0.15) is 33.1 Å². The van der Waals surface area contributed by atoms with Crippen LogP contribution in [0.25, 0.3) is 0 Å². The first kappa shape index (κ1) is 10.1. The normalized spacial score (nSPS) is 20.2. The van der Waals surface area contributed by atoms with Crippen molar-refractivity contribution in [1.29, 1.82) is 0 Å². The number of piperidine rings is 1. The molecule has 1 saturated heterocycles. The molecule has 0 unspecified atom stereocenters. The molecule has 0 spiro atoms. The minimum Gasteiger partial charge on any atom is -0.220 e. The SMILES string of the molecule is CC(C)CC=C1CCN(Cl)CC1. The molecule has 0 aromatic rings. The van der Waals surface area contributed by atoms with Gasteiger partial charge in [0.25, 0.3) is 0 Å². The molecular formula is C10H18ClN. The predicted molar refractivity (Wildman–Crippen MR) is 54.2 cm³/mol. The van der Waals surface area contributed by atoms with Gasteiger partial charge in [0.1, 0.15) is 0 Å². The molecule has 0 saturated carbocycles. The molecule has 1 rings (SSSR count). The highest BCUT2D eigenvalue weighted by molar-refractivity contribution is 6.13. The zero-order valence-electron chi connectivity index (χ0n) is 8.02. The van der Waals surface area contributed by atoms with Crippen LogP contribution in [-0.2, 0) is 0 Å². The largest absolute Gasteiger partial charge is 0.220 e. The molecule has 1 aliphatic heterocycles. The van der Waals surface area contributed by atoms with Crippen molar-refractivity contribution in [1.82, 2.24) is 4.42 Å². The molecule has 0 radical (unpaired) electrons. The fourth-order valence-corrected chi connectivity index (χ4v) is 1.54. The van der Waals surface area contributed by atoms with Gasteiger partial charge in [0.05, 0.1) is 0 Å². The number of nitrogens with zero attached hydrogens (tertiary/aromatic N) is 1. The fraction of sp³-hybridized carbons (Fsp3) is 0.800. The van der Waals surface area contributed by atoms with Crippen molar-refractivity contribution >= 4 is 11.8 Å². The molecule has 0 aliphatic carbocycles. The van der Waals surface area contributed by atoms with E-state index in [2.05, 4.69) is 19.9 Å². The van der Waals surface area contributed by atoms with E-state index in [4.69, 9.17) is 11.8 Å². The molecule has 1 nitrogen and oxygen atoms in total. The van der Waals surface area contributed by atoms with E-state index in [0.29, 0.717) is 0 Å². The Morgan fingerprint density at radius 2 is 2.00 bits per heavy atom. The van der Waals surface area contributed by atoms with Gasteiger partial charge in [0, 0.05) is 13.1 Å². The van der Waals surface area contributed by atoms with Crippen molar-refractivity contribution in [2.45, 2.75) is 33.1 Å². The van der Waals surface area contributed by atoms with Crippen LogP contribution in [-0.4, -0.2) is 17.5 Å². The highest BCUT2D eigenvalue weighted by atomic mass is 35.5. The van der Waals surface area contributed by atoms with Crippen molar-refractivity contribution < 1.29 is 0 Å². The predicted octanol–water partition coefficient (Wildman–Crippen LogP) is 3.21. The van der Waals surface area contributed by atoms with E-state index in [1.165, 1.54) is 6.42 Å². The second-order valence-electron chi connectivity index (χ2n) is 3.90. The first-order valence-electron chi connectivity index (χ1n) is 4.77. The third-order valence-electron chi connectivity index (χ3n) is 2.23. The summed E-state index contributed by atoms with van der Waals surface area (Å²) < 4.78 is 1.88. The van der Waals surface area contributed by atoms with Gasteiger partial charge in [0.15, 0.2) is 0 Å². The summed E-state index contributed by atoms with van der Waals surface area (Å²) >= 11 is 5.85. The molecule has 0 N–H and O–H groups in total. The average molecular weight is 188 g/mol. The molecule has 12 heavy (non-hydrogen) atoms. The summed E-state index contributed by atoms with van der Waals surface area (Å²) in [6.45, 7) is 6.55. The summed E-state index contributed by atoms with van der Waals surface area (Å²) in [7, 11) is 0. The maximum absolute atomic E-state index is 5.85. The quantitative estimate of drug-likeness (QED) is 0.474. The minimum absolute atomic E-state index is 0.784. The van der Waals surface area contributed by atoms with Crippen LogP contribution in [0, 0.1) is 5.92 Å². The molecule has 0 atom stereocenters. The van der Waals surface area contributed by atoms with Crippen LogP contribution < -0.4 is 0 Å². The summed E-state index contributed by atoms with van der Waals surface area (Å²) in [4.78, 5) is 0. The van der Waals surface area contributed by atoms with E-state index in [1.807, 2.05) is 4.42 Å². The summed E-state index contributed by atoms with van der Waals surface area (Å²) in [6.07, 6.45) is 5.94. The number of hydrogen-bond donors (Lipinski definition) is 0. The van der Waals surface area contributed by atoms with E-state index in [9.17, 15) is 0 Å². The maximum atomic E-state index is 5.85. The Hall–Kier alpha value is -0.0100. The Kier molecular flexibility index (Phi) is 4.10. The van der Waals surface area contributed by atoms with E-state index in [0.717, 1.165) is 31.8 Å². The van der Waals surface area contributed by atoms with Crippen molar-refractivity contribution in [3.05, 3.63) is 11.6 Å². The van der Waals surface area contributed by atoms with Gasteiger partial charge in [-0.05, 0) is 37.0 Å². The first-order valence-corrected chi connectivity index (χ1v) is 5.11. The van der Waals surface area contributed by atoms with Crippen molar-refractivity contribution in [3.8, 4) is 0 Å². The molecule has 0 aromatic carbocycles. The smallest absolute Gasteiger partial charge is 0.0176 e. The van der Waals surface area contributed by atoms with Crippen LogP contribution in [0.5, 0.6) is 0 Å². The van der Waals surface area contributed by atoms with Gasteiger partial charge in [-0.25, -0.2) is 4.42 Å². The van der Waals surface area contributed by atoms with Gasteiger partial charge >= 0.3 is 0 Å². The summed E-state index contributed by atoms with van der Waals surface area (Å²) in [5.41, 5.74) is 1.60. The molecule has 0 amide bonds. The van der Waals surface area contributed by atoms with Gasteiger partial charge in [-0.1, -0.05) is 25.5 Å². The molecule has 1 heterocycles. The third kappa shape index (κ3) is 3.59. The molecule has 0 bridgehead atoms. The molecule has 1 fully saturated rings. The van der Waals surface area contributed by atoms with Crippen molar-refractivity contribution in [3.63, 3.8) is 0 Å². The van der Waals surface area contributed by atoms with Gasteiger partial charge < -0.3 is 0 Å². The lowest BCUT2D eigenvalue weighted by Gasteiger charge is -2.21. The number of halogens is 1. The Labute approximate surface area is 80.5 Å². The standard InChI is InChI=1S/C10H18ClN/c1-9(2)3-4-10-5-7-12(11)8-6-10/h4,9H,3,5-8H2,1-2H3. The molecular weight excluding hydrogens is 170 g/mol. The van der Waals surface area contributed by atoms with Gasteiger partial charge in [-0.3, -0.25) is 0 Å². The Bertz CT molecular complexity index is 153. The monoisotopic (exact) mass is 187 g/mol. The number of hydrogen-bond acceptors (Lipinski definition) is 1. The van der Waals surface area contributed by atoms with Gasteiger partial charge in [-0.15, -0.1) is 0 Å². The first-order chi connectivity index (χ1) is 5.68. The van der Waals surface area contributed by atoms with Crippen LogP contribution in [0.2, 0.25) is 0 Å². The highest BCUT2D eigenvalue weighted by Crippen LogP contribution is 2.18. The van der Waals surface area contributed by atoms with Gasteiger partial charge in [0.2, 0.25) is 0 Å². The van der Waals surface area contributed by atoms with E-state index in [-0.39, 0.29) is 0 Å². The lowest BCUT2D eigenvalue weighted by Crippen LogP contribution is -2.21. The Morgan fingerprint density at radius 1 is 1.42 bits per heavy atom. The minimum atomic E-state index is 0.784.